The van der Waals surface area contributed by atoms with Gasteiger partial charge in [0.25, 0.3) is 0 Å². The molecule has 4 aliphatic carbocycles. The lowest BCUT2D eigenvalue weighted by atomic mass is 9.41. The third-order valence-corrected chi connectivity index (χ3v) is 12.0. The number of aliphatic hydroxyl groups is 1. The molecule has 2 nitrogen and oxygen atoms in total. The van der Waals surface area contributed by atoms with Crippen molar-refractivity contribution in [1.82, 2.24) is 0 Å². The van der Waals surface area contributed by atoms with Crippen LogP contribution in [0.15, 0.2) is 0 Å². The fourth-order valence-corrected chi connectivity index (χ4v) is 10.3. The number of hydrogen-bond donors (Lipinski definition) is 1. The molecule has 1 aliphatic heterocycles. The summed E-state index contributed by atoms with van der Waals surface area (Å²) >= 11 is 0. The molecule has 3 unspecified atom stereocenters. The van der Waals surface area contributed by atoms with E-state index in [-0.39, 0.29) is 11.5 Å². The quantitative estimate of drug-likeness (QED) is 0.451. The summed E-state index contributed by atoms with van der Waals surface area (Å²) in [5, 5.41) is 12.1. The van der Waals surface area contributed by atoms with Crippen molar-refractivity contribution in [2.45, 2.75) is 123 Å². The number of ether oxygens (including phenoxy) is 1. The monoisotopic (exact) mass is 430 g/mol. The summed E-state index contributed by atoms with van der Waals surface area (Å²) in [6.45, 7) is 13.3. The molecule has 178 valence electrons. The topological polar surface area (TPSA) is 32.8 Å². The van der Waals surface area contributed by atoms with Crippen LogP contribution in [0.1, 0.15) is 112 Å². The van der Waals surface area contributed by atoms with Crippen LogP contribution in [-0.2, 0) is 4.74 Å². The Kier molecular flexibility index (Phi) is 5.86. The molecular formula is C29H50O2. The minimum absolute atomic E-state index is 0.0810. The van der Waals surface area contributed by atoms with Crippen molar-refractivity contribution in [3.05, 3.63) is 0 Å². The van der Waals surface area contributed by atoms with Crippen molar-refractivity contribution in [2.24, 2.45) is 52.3 Å². The van der Waals surface area contributed by atoms with Crippen LogP contribution in [0.4, 0.5) is 0 Å². The summed E-state index contributed by atoms with van der Waals surface area (Å²) in [4.78, 5) is 0. The van der Waals surface area contributed by atoms with Crippen LogP contribution in [-0.4, -0.2) is 23.4 Å². The number of hydrogen-bond acceptors (Lipinski definition) is 2. The fraction of sp³-hybridized carbons (Fsp3) is 1.00. The molecule has 5 rings (SSSR count). The van der Waals surface area contributed by atoms with E-state index in [2.05, 4.69) is 34.6 Å². The lowest BCUT2D eigenvalue weighted by Gasteiger charge is -2.65. The molecular weight excluding hydrogens is 380 g/mol. The van der Waals surface area contributed by atoms with E-state index < -0.39 is 5.60 Å². The highest BCUT2D eigenvalue weighted by Gasteiger charge is 2.69. The van der Waals surface area contributed by atoms with Crippen molar-refractivity contribution < 1.29 is 9.84 Å². The second-order valence-corrected chi connectivity index (χ2v) is 13.6. The molecule has 0 radical (unpaired) electrons. The molecule has 2 heteroatoms. The zero-order valence-corrected chi connectivity index (χ0v) is 21.2. The van der Waals surface area contributed by atoms with E-state index >= 15 is 0 Å². The summed E-state index contributed by atoms with van der Waals surface area (Å²) in [5.74, 6) is 5.82. The van der Waals surface area contributed by atoms with Crippen molar-refractivity contribution >= 4 is 0 Å². The molecule has 31 heavy (non-hydrogen) atoms. The van der Waals surface area contributed by atoms with Gasteiger partial charge in [0.2, 0.25) is 0 Å². The van der Waals surface area contributed by atoms with Crippen LogP contribution >= 0.6 is 0 Å². The molecule has 0 spiro atoms. The average Bonchev–Trinajstić information content (AvgIpc) is 3.51. The molecule has 0 aromatic rings. The Morgan fingerprint density at radius 2 is 1.68 bits per heavy atom. The molecule has 0 aromatic heterocycles. The van der Waals surface area contributed by atoms with Crippen LogP contribution in [0, 0.1) is 52.3 Å². The smallest absolute Gasteiger partial charge is 0.110 e. The van der Waals surface area contributed by atoms with Crippen LogP contribution in [0.2, 0.25) is 0 Å². The van der Waals surface area contributed by atoms with Crippen LogP contribution < -0.4 is 0 Å². The molecule has 4 saturated carbocycles. The first-order valence-electron chi connectivity index (χ1n) is 14.1. The molecule has 0 amide bonds. The fourth-order valence-electron chi connectivity index (χ4n) is 10.3. The Bertz CT molecular complexity index is 655. The van der Waals surface area contributed by atoms with Gasteiger partial charge in [0.1, 0.15) is 6.10 Å². The van der Waals surface area contributed by atoms with Gasteiger partial charge in [-0.3, -0.25) is 0 Å². The normalized spacial score (nSPS) is 52.4. The predicted octanol–water partition coefficient (Wildman–Crippen LogP) is 7.24. The number of rotatable bonds is 6. The van der Waals surface area contributed by atoms with Gasteiger partial charge in [-0.2, -0.15) is 0 Å². The van der Waals surface area contributed by atoms with E-state index in [1.807, 2.05) is 0 Å². The van der Waals surface area contributed by atoms with Gasteiger partial charge >= 0.3 is 0 Å². The maximum atomic E-state index is 12.1. The highest BCUT2D eigenvalue weighted by molar-refractivity contribution is 5.17. The largest absolute Gasteiger partial charge is 0.386 e. The molecule has 1 heterocycles. The summed E-state index contributed by atoms with van der Waals surface area (Å²) in [5.41, 5.74) is 0.0667. The number of fused-ring (bicyclic) bond motifs is 5. The zero-order valence-electron chi connectivity index (χ0n) is 21.2. The third-order valence-electron chi connectivity index (χ3n) is 12.0. The molecule has 0 aromatic carbocycles. The van der Waals surface area contributed by atoms with E-state index in [9.17, 15) is 5.11 Å². The highest BCUT2D eigenvalue weighted by atomic mass is 16.6. The maximum Gasteiger partial charge on any atom is 0.110 e. The van der Waals surface area contributed by atoms with Gasteiger partial charge in [-0.15, -0.1) is 0 Å². The van der Waals surface area contributed by atoms with Crippen LogP contribution in [0.5, 0.6) is 0 Å². The Morgan fingerprint density at radius 3 is 2.39 bits per heavy atom. The van der Waals surface area contributed by atoms with E-state index in [1.165, 1.54) is 70.6 Å². The number of epoxide rings is 1. The third kappa shape index (κ3) is 3.39. The standard InChI is InChI=1S/C29H50O2/c1-19(2)8-6-9-20(3)23-13-14-24-22-12-11-21-10-7-16-29(30,26-18-31-26)28(21,5)25(22)15-17-27(23,24)4/h19-26,30H,6-18H2,1-5H3/t20-,21?,22+,23-,24+,25+,26?,27-,28+,29?/m1/s1. The van der Waals surface area contributed by atoms with Gasteiger partial charge in [0.05, 0.1) is 12.2 Å². The lowest BCUT2D eigenvalue weighted by molar-refractivity contribution is -0.224. The average molecular weight is 431 g/mol. The summed E-state index contributed by atoms with van der Waals surface area (Å²) < 4.78 is 5.80. The molecule has 1 saturated heterocycles. The first-order valence-corrected chi connectivity index (χ1v) is 14.1. The molecule has 5 aliphatic rings. The van der Waals surface area contributed by atoms with Gasteiger partial charge in [-0.25, -0.2) is 0 Å². The first-order chi connectivity index (χ1) is 14.7. The minimum Gasteiger partial charge on any atom is -0.386 e. The molecule has 0 bridgehead atoms. The SMILES string of the molecule is CC(C)CCC[C@@H](C)[C@H]1CC[C@H]2[C@@H]3CCC4CCCC(O)(C5CO5)[C@]4(C)[C@H]3CC[C@]12C. The van der Waals surface area contributed by atoms with Crippen molar-refractivity contribution in [3.8, 4) is 0 Å². The Labute approximate surface area is 192 Å². The van der Waals surface area contributed by atoms with E-state index in [4.69, 9.17) is 4.74 Å². The Balaban J connectivity index is 1.36. The van der Waals surface area contributed by atoms with Crippen molar-refractivity contribution in [1.29, 1.82) is 0 Å². The van der Waals surface area contributed by atoms with Gasteiger partial charge in [0.15, 0.2) is 0 Å². The Morgan fingerprint density at radius 1 is 0.903 bits per heavy atom. The summed E-state index contributed by atoms with van der Waals surface area (Å²) in [6.07, 6.45) is 16.3. The van der Waals surface area contributed by atoms with Gasteiger partial charge in [0, 0.05) is 5.41 Å². The van der Waals surface area contributed by atoms with Gasteiger partial charge in [-0.05, 0) is 98.2 Å². The van der Waals surface area contributed by atoms with E-state index in [0.29, 0.717) is 17.3 Å². The Hall–Kier alpha value is -0.0800. The van der Waals surface area contributed by atoms with Crippen molar-refractivity contribution in [2.75, 3.05) is 6.61 Å². The van der Waals surface area contributed by atoms with Crippen LogP contribution in [0.3, 0.4) is 0 Å². The lowest BCUT2D eigenvalue weighted by Crippen LogP contribution is -2.65. The zero-order chi connectivity index (χ0) is 22.0. The molecule has 1 N–H and O–H groups in total. The van der Waals surface area contributed by atoms with Gasteiger partial charge < -0.3 is 9.84 Å². The second kappa shape index (κ2) is 8.00. The highest BCUT2D eigenvalue weighted by Crippen LogP contribution is 2.70. The van der Waals surface area contributed by atoms with Gasteiger partial charge in [-0.1, -0.05) is 60.3 Å². The predicted molar refractivity (Wildman–Crippen MR) is 128 cm³/mol. The van der Waals surface area contributed by atoms with E-state index in [1.54, 1.807) is 0 Å². The first kappa shape index (κ1) is 22.7. The minimum atomic E-state index is -0.560. The van der Waals surface area contributed by atoms with Crippen molar-refractivity contribution in [3.63, 3.8) is 0 Å². The van der Waals surface area contributed by atoms with E-state index in [0.717, 1.165) is 42.6 Å². The second-order valence-electron chi connectivity index (χ2n) is 13.6. The maximum absolute atomic E-state index is 12.1. The molecule has 5 fully saturated rings. The summed E-state index contributed by atoms with van der Waals surface area (Å²) in [7, 11) is 0. The summed E-state index contributed by atoms with van der Waals surface area (Å²) in [6, 6.07) is 0. The molecule has 10 atom stereocenters. The van der Waals surface area contributed by atoms with Crippen LogP contribution in [0.25, 0.3) is 0 Å².